The fourth-order valence-corrected chi connectivity index (χ4v) is 4.02. The summed E-state index contributed by atoms with van der Waals surface area (Å²) in [5, 5.41) is 11.7. The molecule has 0 saturated carbocycles. The van der Waals surface area contributed by atoms with Crippen LogP contribution in [0.25, 0.3) is 0 Å². The summed E-state index contributed by atoms with van der Waals surface area (Å²) in [6.45, 7) is 8.57. The van der Waals surface area contributed by atoms with Crippen LogP contribution < -0.4 is 5.11 Å². The predicted octanol–water partition coefficient (Wildman–Crippen LogP) is 4.18. The number of nitrogens with zero attached hydrogens (tertiary/aromatic N) is 1. The van der Waals surface area contributed by atoms with E-state index < -0.39 is 5.97 Å². The zero-order chi connectivity index (χ0) is 18.8. The first-order chi connectivity index (χ1) is 11.6. The fourth-order valence-electron chi connectivity index (χ4n) is 2.76. The van der Waals surface area contributed by atoms with E-state index in [1.54, 1.807) is 36.9 Å². The molecule has 0 aliphatic heterocycles. The summed E-state index contributed by atoms with van der Waals surface area (Å²) in [5.74, 6) is -0.265. The molecule has 3 nitrogen and oxygen atoms in total. The summed E-state index contributed by atoms with van der Waals surface area (Å²) < 4.78 is 15.8. The second-order valence-corrected chi connectivity index (χ2v) is 8.48. The van der Waals surface area contributed by atoms with Crippen LogP contribution in [0.5, 0.6) is 0 Å². The summed E-state index contributed by atoms with van der Waals surface area (Å²) in [7, 11) is 0. The molecule has 1 heterocycles. The number of hydrogen-bond donors (Lipinski definition) is 0. The van der Waals surface area contributed by atoms with Gasteiger partial charge in [0.05, 0.1) is 5.97 Å². The predicted molar refractivity (Wildman–Crippen MR) is 99.8 cm³/mol. The van der Waals surface area contributed by atoms with Crippen molar-refractivity contribution in [2.75, 3.05) is 5.75 Å². The Balaban J connectivity index is 2.11. The Bertz CT molecular complexity index is 760. The van der Waals surface area contributed by atoms with Gasteiger partial charge in [-0.2, -0.15) is 11.8 Å². The fraction of sp³-hybridized carbons (Fsp3) is 0.421. The molecule has 0 N–H and O–H groups in total. The summed E-state index contributed by atoms with van der Waals surface area (Å²) in [5.41, 5.74) is 2.19. The van der Waals surface area contributed by atoms with E-state index in [0.717, 1.165) is 11.4 Å². The minimum Gasteiger partial charge on any atom is -0.545 e. The van der Waals surface area contributed by atoms with Crippen LogP contribution in [0.2, 0.25) is 5.02 Å². The number of carbonyl (C=O) groups is 1. The lowest BCUT2D eigenvalue weighted by Gasteiger charge is -2.22. The lowest BCUT2D eigenvalue weighted by molar-refractivity contribution is -0.255. The van der Waals surface area contributed by atoms with Crippen molar-refractivity contribution < 1.29 is 14.3 Å². The standard InChI is InChI=1S/C19H23ClFNO2S/c1-12-13(18(23)24)10-17(19(2,3)4)22(12)8-9-25-11-14-15(20)6-5-7-16(14)21/h5-7,10H,8-9,11H2,1-4H3,(H,23,24)/p-1. The molecule has 0 atom stereocenters. The minimum atomic E-state index is -1.16. The zero-order valence-electron chi connectivity index (χ0n) is 14.9. The average molecular weight is 383 g/mol. The second kappa shape index (κ2) is 7.83. The van der Waals surface area contributed by atoms with E-state index in [4.69, 9.17) is 11.6 Å². The summed E-state index contributed by atoms with van der Waals surface area (Å²) in [4.78, 5) is 11.3. The molecule has 0 radical (unpaired) electrons. The van der Waals surface area contributed by atoms with E-state index in [2.05, 4.69) is 0 Å². The zero-order valence-corrected chi connectivity index (χ0v) is 16.4. The van der Waals surface area contributed by atoms with E-state index in [0.29, 0.717) is 28.6 Å². The molecular weight excluding hydrogens is 361 g/mol. The topological polar surface area (TPSA) is 45.1 Å². The molecule has 0 spiro atoms. The first kappa shape index (κ1) is 19.9. The normalized spacial score (nSPS) is 11.8. The van der Waals surface area contributed by atoms with Crippen molar-refractivity contribution in [2.45, 2.75) is 45.4 Å². The molecule has 0 unspecified atom stereocenters. The highest BCUT2D eigenvalue weighted by molar-refractivity contribution is 7.98. The number of carbonyl (C=O) groups excluding carboxylic acids is 1. The van der Waals surface area contributed by atoms with E-state index in [1.807, 2.05) is 25.3 Å². The van der Waals surface area contributed by atoms with Crippen molar-refractivity contribution in [3.63, 3.8) is 0 Å². The Morgan fingerprint density at radius 3 is 2.60 bits per heavy atom. The van der Waals surface area contributed by atoms with E-state index in [1.165, 1.54) is 6.07 Å². The van der Waals surface area contributed by atoms with Gasteiger partial charge in [0.25, 0.3) is 0 Å². The van der Waals surface area contributed by atoms with Gasteiger partial charge in [0.1, 0.15) is 5.82 Å². The third-order valence-electron chi connectivity index (χ3n) is 4.12. The Morgan fingerprint density at radius 2 is 2.04 bits per heavy atom. The molecule has 0 amide bonds. The molecular formula is C19H22ClFNO2S-. The molecule has 0 fully saturated rings. The number of aromatic carboxylic acids is 1. The SMILES string of the molecule is Cc1c(C(=O)[O-])cc(C(C)(C)C)n1CCSCc1c(F)cccc1Cl. The van der Waals surface area contributed by atoms with Crippen molar-refractivity contribution >= 4 is 29.3 Å². The first-order valence-electron chi connectivity index (χ1n) is 8.05. The van der Waals surface area contributed by atoms with Crippen LogP contribution in [0.1, 0.15) is 48.1 Å². The summed E-state index contributed by atoms with van der Waals surface area (Å²) in [6.07, 6.45) is 0. The molecule has 2 aromatic rings. The van der Waals surface area contributed by atoms with Crippen LogP contribution in [-0.4, -0.2) is 16.3 Å². The van der Waals surface area contributed by atoms with Crippen LogP contribution >= 0.6 is 23.4 Å². The molecule has 25 heavy (non-hydrogen) atoms. The van der Waals surface area contributed by atoms with Crippen molar-refractivity contribution in [3.05, 3.63) is 57.6 Å². The largest absolute Gasteiger partial charge is 0.545 e. The van der Waals surface area contributed by atoms with Crippen molar-refractivity contribution in [1.82, 2.24) is 4.57 Å². The van der Waals surface area contributed by atoms with E-state index in [-0.39, 0.29) is 16.8 Å². The smallest absolute Gasteiger partial charge is 0.128 e. The number of aromatic nitrogens is 1. The quantitative estimate of drug-likeness (QED) is 0.704. The lowest BCUT2D eigenvalue weighted by Crippen LogP contribution is -2.23. The Hall–Kier alpha value is -1.46. The van der Waals surface area contributed by atoms with Crippen molar-refractivity contribution in [1.29, 1.82) is 0 Å². The van der Waals surface area contributed by atoms with E-state index >= 15 is 0 Å². The van der Waals surface area contributed by atoms with Gasteiger partial charge in [-0.25, -0.2) is 4.39 Å². The number of hydrogen-bond acceptors (Lipinski definition) is 3. The summed E-state index contributed by atoms with van der Waals surface area (Å²) in [6, 6.07) is 6.37. The minimum absolute atomic E-state index is 0.183. The maximum atomic E-state index is 13.8. The molecule has 0 saturated heterocycles. The Kier molecular flexibility index (Phi) is 6.22. The van der Waals surface area contributed by atoms with Crippen LogP contribution in [0.4, 0.5) is 4.39 Å². The number of carboxylic acids is 1. The number of rotatable bonds is 6. The highest BCUT2D eigenvalue weighted by Gasteiger charge is 2.22. The van der Waals surface area contributed by atoms with Gasteiger partial charge in [0.15, 0.2) is 0 Å². The number of halogens is 2. The number of carboxylic acid groups (broad SMARTS) is 1. The number of thioether (sulfide) groups is 1. The Morgan fingerprint density at radius 1 is 1.36 bits per heavy atom. The monoisotopic (exact) mass is 382 g/mol. The second-order valence-electron chi connectivity index (χ2n) is 6.97. The van der Waals surface area contributed by atoms with Crippen LogP contribution in [0.15, 0.2) is 24.3 Å². The maximum absolute atomic E-state index is 13.8. The van der Waals surface area contributed by atoms with Crippen LogP contribution in [0.3, 0.4) is 0 Å². The molecule has 1 aromatic heterocycles. The van der Waals surface area contributed by atoms with E-state index in [9.17, 15) is 14.3 Å². The van der Waals surface area contributed by atoms with Gasteiger partial charge >= 0.3 is 0 Å². The third kappa shape index (κ3) is 4.59. The maximum Gasteiger partial charge on any atom is 0.128 e. The van der Waals surface area contributed by atoms with Gasteiger partial charge in [-0.1, -0.05) is 38.4 Å². The highest BCUT2D eigenvalue weighted by atomic mass is 35.5. The average Bonchev–Trinajstić information content (AvgIpc) is 2.83. The molecule has 0 aliphatic carbocycles. The lowest BCUT2D eigenvalue weighted by atomic mass is 9.92. The molecule has 136 valence electrons. The van der Waals surface area contributed by atoms with Crippen LogP contribution in [0, 0.1) is 12.7 Å². The van der Waals surface area contributed by atoms with Crippen molar-refractivity contribution in [3.8, 4) is 0 Å². The van der Waals surface area contributed by atoms with Gasteiger partial charge in [0, 0.05) is 51.0 Å². The van der Waals surface area contributed by atoms with Gasteiger partial charge in [-0.15, -0.1) is 0 Å². The van der Waals surface area contributed by atoms with Gasteiger partial charge in [-0.05, 0) is 25.1 Å². The van der Waals surface area contributed by atoms with Crippen LogP contribution in [-0.2, 0) is 17.7 Å². The summed E-state index contributed by atoms with van der Waals surface area (Å²) >= 11 is 7.61. The van der Waals surface area contributed by atoms with Gasteiger partial charge in [-0.3, -0.25) is 0 Å². The molecule has 0 aliphatic rings. The third-order valence-corrected chi connectivity index (χ3v) is 5.44. The molecule has 6 heteroatoms. The first-order valence-corrected chi connectivity index (χ1v) is 9.58. The number of benzene rings is 1. The molecule has 1 aromatic carbocycles. The van der Waals surface area contributed by atoms with Gasteiger partial charge < -0.3 is 14.5 Å². The Labute approximate surface area is 157 Å². The molecule has 2 rings (SSSR count). The van der Waals surface area contributed by atoms with Gasteiger partial charge in [0.2, 0.25) is 0 Å². The molecule has 0 bridgehead atoms. The highest BCUT2D eigenvalue weighted by Crippen LogP contribution is 2.29. The van der Waals surface area contributed by atoms with Crippen molar-refractivity contribution in [2.24, 2.45) is 0 Å².